The second kappa shape index (κ2) is 8.10. The molecule has 1 saturated heterocycles. The molecule has 3 aromatic rings. The van der Waals surface area contributed by atoms with Gasteiger partial charge in [0.25, 0.3) is 11.8 Å². The van der Waals surface area contributed by atoms with E-state index in [1.165, 1.54) is 0 Å². The molecule has 0 unspecified atom stereocenters. The Labute approximate surface area is 161 Å². The molecule has 1 aromatic heterocycles. The summed E-state index contributed by atoms with van der Waals surface area (Å²) in [5.74, 6) is 0.293. The van der Waals surface area contributed by atoms with Crippen LogP contribution in [0, 0.1) is 0 Å². The lowest BCUT2D eigenvalue weighted by Gasteiger charge is -2.26. The third-order valence-corrected chi connectivity index (χ3v) is 4.52. The zero-order chi connectivity index (χ0) is 19.3. The zero-order valence-corrected chi connectivity index (χ0v) is 15.2. The third-order valence-electron chi connectivity index (χ3n) is 4.52. The number of hydrogen-bond acceptors (Lipinski definition) is 5. The predicted octanol–water partition coefficient (Wildman–Crippen LogP) is 2.05. The van der Waals surface area contributed by atoms with Gasteiger partial charge in [-0.15, -0.1) is 0 Å². The number of imidazole rings is 1. The molecule has 1 fully saturated rings. The van der Waals surface area contributed by atoms with Crippen LogP contribution in [-0.2, 0) is 9.53 Å². The van der Waals surface area contributed by atoms with Gasteiger partial charge < -0.3 is 24.7 Å². The average molecular weight is 380 g/mol. The molecule has 8 nitrogen and oxygen atoms in total. The highest BCUT2D eigenvalue weighted by atomic mass is 16.5. The summed E-state index contributed by atoms with van der Waals surface area (Å²) < 4.78 is 10.8. The van der Waals surface area contributed by atoms with Crippen LogP contribution in [0.15, 0.2) is 48.8 Å². The molecule has 0 bridgehead atoms. The van der Waals surface area contributed by atoms with E-state index >= 15 is 0 Å². The molecule has 2 aromatic carbocycles. The molecule has 0 atom stereocenters. The van der Waals surface area contributed by atoms with Crippen molar-refractivity contribution in [2.75, 3.05) is 38.2 Å². The lowest BCUT2D eigenvalue weighted by atomic mass is 10.2. The third kappa shape index (κ3) is 4.12. The number of hydrogen-bond donors (Lipinski definition) is 2. The van der Waals surface area contributed by atoms with Gasteiger partial charge in [-0.3, -0.25) is 9.59 Å². The number of morpholine rings is 1. The van der Waals surface area contributed by atoms with Crippen molar-refractivity contribution in [1.29, 1.82) is 0 Å². The summed E-state index contributed by atoms with van der Waals surface area (Å²) in [5.41, 5.74) is 2.79. The number of aromatic nitrogens is 2. The van der Waals surface area contributed by atoms with E-state index in [1.54, 1.807) is 53.7 Å². The summed E-state index contributed by atoms with van der Waals surface area (Å²) in [6, 6.07) is 12.2. The van der Waals surface area contributed by atoms with E-state index < -0.39 is 0 Å². The van der Waals surface area contributed by atoms with Gasteiger partial charge in [-0.1, -0.05) is 0 Å². The maximum atomic E-state index is 12.4. The van der Waals surface area contributed by atoms with E-state index in [0.717, 1.165) is 11.0 Å². The lowest BCUT2D eigenvalue weighted by molar-refractivity contribution is -0.137. The highest BCUT2D eigenvalue weighted by Gasteiger charge is 2.17. The Kier molecular flexibility index (Phi) is 5.20. The van der Waals surface area contributed by atoms with Crippen LogP contribution in [0.4, 0.5) is 5.69 Å². The molecule has 0 aliphatic carbocycles. The number of amides is 2. The Balaban J connectivity index is 1.32. The van der Waals surface area contributed by atoms with Gasteiger partial charge in [0.05, 0.1) is 30.6 Å². The first-order valence-electron chi connectivity index (χ1n) is 9.02. The summed E-state index contributed by atoms with van der Waals surface area (Å²) in [4.78, 5) is 33.4. The lowest BCUT2D eigenvalue weighted by Crippen LogP contribution is -2.42. The van der Waals surface area contributed by atoms with E-state index in [4.69, 9.17) is 9.47 Å². The first-order valence-corrected chi connectivity index (χ1v) is 9.02. The number of carbonyl (C=O) groups excluding carboxylic acids is 2. The molecule has 1 aliphatic heterocycles. The van der Waals surface area contributed by atoms with E-state index in [1.807, 2.05) is 0 Å². The Hall–Kier alpha value is -3.39. The number of rotatable bonds is 5. The molecule has 0 radical (unpaired) electrons. The standard InChI is InChI=1S/C20H20N4O4/c25-19(24-7-9-27-10-8-24)12-28-16-4-2-15(3-5-16)23-20(26)14-1-6-17-18(11-14)22-13-21-17/h1-6,11,13H,7-10,12H2,(H,21,22)(H,23,26). The van der Waals surface area contributed by atoms with E-state index in [2.05, 4.69) is 15.3 Å². The number of carbonyl (C=O) groups is 2. The van der Waals surface area contributed by atoms with E-state index in [-0.39, 0.29) is 18.4 Å². The molecule has 1 aliphatic rings. The quantitative estimate of drug-likeness (QED) is 0.706. The van der Waals surface area contributed by atoms with Gasteiger partial charge in [0.1, 0.15) is 5.75 Å². The van der Waals surface area contributed by atoms with Crippen molar-refractivity contribution in [2.45, 2.75) is 0 Å². The van der Waals surface area contributed by atoms with Crippen molar-refractivity contribution in [3.8, 4) is 5.75 Å². The molecule has 0 saturated carbocycles. The van der Waals surface area contributed by atoms with Crippen LogP contribution in [0.1, 0.15) is 10.4 Å². The van der Waals surface area contributed by atoms with Gasteiger partial charge in [-0.25, -0.2) is 4.98 Å². The highest BCUT2D eigenvalue weighted by molar-refractivity contribution is 6.05. The first kappa shape index (κ1) is 18.0. The number of nitrogens with one attached hydrogen (secondary N) is 2. The van der Waals surface area contributed by atoms with Crippen LogP contribution >= 0.6 is 0 Å². The van der Waals surface area contributed by atoms with Gasteiger partial charge in [-0.05, 0) is 42.5 Å². The highest BCUT2D eigenvalue weighted by Crippen LogP contribution is 2.18. The number of ether oxygens (including phenoxy) is 2. The Morgan fingerprint density at radius 2 is 1.93 bits per heavy atom. The number of H-pyrrole nitrogens is 1. The molecular formula is C20H20N4O4. The van der Waals surface area contributed by atoms with Crippen molar-refractivity contribution in [1.82, 2.24) is 14.9 Å². The van der Waals surface area contributed by atoms with Crippen LogP contribution in [0.25, 0.3) is 11.0 Å². The van der Waals surface area contributed by atoms with Crippen LogP contribution in [-0.4, -0.2) is 59.6 Å². The van der Waals surface area contributed by atoms with E-state index in [0.29, 0.717) is 43.3 Å². The Morgan fingerprint density at radius 3 is 2.71 bits per heavy atom. The predicted molar refractivity (Wildman–Crippen MR) is 103 cm³/mol. The summed E-state index contributed by atoms with van der Waals surface area (Å²) in [6.45, 7) is 2.30. The molecular weight excluding hydrogens is 360 g/mol. The van der Waals surface area contributed by atoms with Gasteiger partial charge in [0.15, 0.2) is 6.61 Å². The zero-order valence-electron chi connectivity index (χ0n) is 15.2. The normalized spacial score (nSPS) is 14.1. The summed E-state index contributed by atoms with van der Waals surface area (Å²) in [7, 11) is 0. The second-order valence-electron chi connectivity index (χ2n) is 6.39. The topological polar surface area (TPSA) is 96.6 Å². The van der Waals surface area contributed by atoms with Crippen LogP contribution in [0.5, 0.6) is 5.75 Å². The number of benzene rings is 2. The fourth-order valence-corrected chi connectivity index (χ4v) is 2.96. The molecule has 4 rings (SSSR count). The number of fused-ring (bicyclic) bond motifs is 1. The fourth-order valence-electron chi connectivity index (χ4n) is 2.96. The minimum absolute atomic E-state index is 0.0180. The van der Waals surface area contributed by atoms with E-state index in [9.17, 15) is 9.59 Å². The van der Waals surface area contributed by atoms with Crippen molar-refractivity contribution in [3.63, 3.8) is 0 Å². The Morgan fingerprint density at radius 1 is 1.14 bits per heavy atom. The van der Waals surface area contributed by atoms with Crippen molar-refractivity contribution < 1.29 is 19.1 Å². The molecule has 28 heavy (non-hydrogen) atoms. The largest absolute Gasteiger partial charge is 0.484 e. The minimum Gasteiger partial charge on any atom is -0.484 e. The van der Waals surface area contributed by atoms with Gasteiger partial charge in [0.2, 0.25) is 0 Å². The number of anilines is 1. The minimum atomic E-state index is -0.215. The average Bonchev–Trinajstić information content (AvgIpc) is 3.21. The smallest absolute Gasteiger partial charge is 0.260 e. The number of aromatic amines is 1. The summed E-state index contributed by atoms with van der Waals surface area (Å²) >= 11 is 0. The SMILES string of the molecule is O=C(Nc1ccc(OCC(=O)N2CCOCC2)cc1)c1ccc2nc[nH]c2c1. The second-order valence-corrected chi connectivity index (χ2v) is 6.39. The summed E-state index contributed by atoms with van der Waals surface area (Å²) in [5, 5.41) is 2.84. The maximum absolute atomic E-state index is 12.4. The number of nitrogens with zero attached hydrogens (tertiary/aromatic N) is 2. The molecule has 8 heteroatoms. The van der Waals surface area contributed by atoms with Crippen molar-refractivity contribution in [3.05, 3.63) is 54.4 Å². The van der Waals surface area contributed by atoms with Crippen molar-refractivity contribution in [2.24, 2.45) is 0 Å². The van der Waals surface area contributed by atoms with Gasteiger partial charge in [0, 0.05) is 24.3 Å². The van der Waals surface area contributed by atoms with Gasteiger partial charge >= 0.3 is 0 Å². The van der Waals surface area contributed by atoms with Gasteiger partial charge in [-0.2, -0.15) is 0 Å². The fraction of sp³-hybridized carbons (Fsp3) is 0.250. The molecule has 2 heterocycles. The molecule has 2 amide bonds. The van der Waals surface area contributed by atoms with Crippen molar-refractivity contribution >= 4 is 28.5 Å². The summed E-state index contributed by atoms with van der Waals surface area (Å²) in [6.07, 6.45) is 1.59. The Bertz CT molecular complexity index is 977. The van der Waals surface area contributed by atoms with Crippen LogP contribution < -0.4 is 10.1 Å². The van der Waals surface area contributed by atoms with Crippen LogP contribution in [0.2, 0.25) is 0 Å². The molecule has 2 N–H and O–H groups in total. The first-order chi connectivity index (χ1) is 13.7. The maximum Gasteiger partial charge on any atom is 0.260 e. The molecule has 0 spiro atoms. The van der Waals surface area contributed by atoms with Crippen LogP contribution in [0.3, 0.4) is 0 Å². The monoisotopic (exact) mass is 380 g/mol. The molecule has 144 valence electrons.